The molecule has 0 aromatic heterocycles. The van der Waals surface area contributed by atoms with Gasteiger partial charge in [-0.15, -0.1) is 0 Å². The Bertz CT molecular complexity index is 454. The molecule has 0 radical (unpaired) electrons. The van der Waals surface area contributed by atoms with Crippen LogP contribution >= 0.6 is 27.5 Å². The Morgan fingerprint density at radius 3 is 2.65 bits per heavy atom. The normalized spacial score (nSPS) is 17.4. The highest BCUT2D eigenvalue weighted by molar-refractivity contribution is 9.10. The molecule has 0 spiro atoms. The lowest BCUT2D eigenvalue weighted by Gasteiger charge is -2.36. The standard InChI is InChI=1S/C11H11BrClFN2O/c12-7-4-6(14)5-8(13)9(7)16-10(17)11(15)2-1-3-11/h4-5H,1-3,15H2,(H,16,17). The summed E-state index contributed by atoms with van der Waals surface area (Å²) in [5.74, 6) is -0.746. The maximum absolute atomic E-state index is 13.0. The van der Waals surface area contributed by atoms with Crippen LogP contribution in [-0.2, 0) is 4.79 Å². The molecule has 1 aromatic carbocycles. The molecule has 0 heterocycles. The number of anilines is 1. The smallest absolute Gasteiger partial charge is 0.244 e. The van der Waals surface area contributed by atoms with Gasteiger partial charge in [-0.05, 0) is 47.3 Å². The molecule has 1 amide bonds. The highest BCUT2D eigenvalue weighted by Gasteiger charge is 2.40. The minimum atomic E-state index is -0.808. The van der Waals surface area contributed by atoms with Crippen molar-refractivity contribution in [3.63, 3.8) is 0 Å². The number of hydrogen-bond acceptors (Lipinski definition) is 2. The summed E-state index contributed by atoms with van der Waals surface area (Å²) >= 11 is 9.02. The van der Waals surface area contributed by atoms with E-state index in [1.165, 1.54) is 6.07 Å². The van der Waals surface area contributed by atoms with Gasteiger partial charge in [0.1, 0.15) is 5.82 Å². The van der Waals surface area contributed by atoms with Crippen LogP contribution in [0.4, 0.5) is 10.1 Å². The number of benzene rings is 1. The van der Waals surface area contributed by atoms with Crippen LogP contribution in [0.3, 0.4) is 0 Å². The molecular weight excluding hydrogens is 310 g/mol. The van der Waals surface area contributed by atoms with Gasteiger partial charge in [0.25, 0.3) is 0 Å². The summed E-state index contributed by atoms with van der Waals surface area (Å²) in [6, 6.07) is 2.39. The van der Waals surface area contributed by atoms with Crippen molar-refractivity contribution in [3.05, 3.63) is 27.4 Å². The van der Waals surface area contributed by atoms with E-state index < -0.39 is 11.4 Å². The molecule has 2 rings (SSSR count). The zero-order chi connectivity index (χ0) is 12.6. The molecule has 6 heteroatoms. The maximum Gasteiger partial charge on any atom is 0.244 e. The van der Waals surface area contributed by atoms with Crippen LogP contribution in [-0.4, -0.2) is 11.4 Å². The van der Waals surface area contributed by atoms with Crippen LogP contribution in [0.15, 0.2) is 16.6 Å². The Kier molecular flexibility index (Phi) is 3.43. The first-order valence-electron chi connectivity index (χ1n) is 5.17. The summed E-state index contributed by atoms with van der Waals surface area (Å²) in [5.41, 5.74) is 5.43. The Hall–Kier alpha value is -0.650. The number of hydrogen-bond donors (Lipinski definition) is 2. The Balaban J connectivity index is 2.21. The number of carbonyl (C=O) groups excluding carboxylic acids is 1. The highest BCUT2D eigenvalue weighted by Crippen LogP contribution is 2.35. The summed E-state index contributed by atoms with van der Waals surface area (Å²) in [4.78, 5) is 11.9. The number of nitrogens with one attached hydrogen (secondary N) is 1. The van der Waals surface area contributed by atoms with E-state index in [1.807, 2.05) is 0 Å². The van der Waals surface area contributed by atoms with Gasteiger partial charge in [-0.25, -0.2) is 4.39 Å². The number of amides is 1. The van der Waals surface area contributed by atoms with Gasteiger partial charge in [0.2, 0.25) is 5.91 Å². The average Bonchev–Trinajstić information content (AvgIpc) is 2.19. The van der Waals surface area contributed by atoms with Crippen molar-refractivity contribution in [3.8, 4) is 0 Å². The predicted octanol–water partition coefficient (Wildman–Crippen LogP) is 3.06. The molecule has 1 aliphatic rings. The molecule has 0 aliphatic heterocycles. The fourth-order valence-corrected chi connectivity index (χ4v) is 2.58. The van der Waals surface area contributed by atoms with Gasteiger partial charge in [0.05, 0.1) is 16.2 Å². The van der Waals surface area contributed by atoms with E-state index in [1.54, 1.807) is 0 Å². The van der Waals surface area contributed by atoms with Gasteiger partial charge in [-0.2, -0.15) is 0 Å². The molecule has 0 unspecified atom stereocenters. The Morgan fingerprint density at radius 2 is 2.18 bits per heavy atom. The average molecular weight is 322 g/mol. The van der Waals surface area contributed by atoms with Gasteiger partial charge in [-0.1, -0.05) is 11.6 Å². The molecule has 0 bridgehead atoms. The van der Waals surface area contributed by atoms with E-state index in [-0.39, 0.29) is 10.9 Å². The second-order valence-electron chi connectivity index (χ2n) is 4.21. The van der Waals surface area contributed by atoms with Crippen LogP contribution in [0.5, 0.6) is 0 Å². The lowest BCUT2D eigenvalue weighted by atomic mass is 9.77. The second kappa shape index (κ2) is 4.55. The molecule has 1 aliphatic carbocycles. The summed E-state index contributed by atoms with van der Waals surface area (Å²) in [5, 5.41) is 2.79. The van der Waals surface area contributed by atoms with E-state index in [9.17, 15) is 9.18 Å². The first-order chi connectivity index (χ1) is 7.92. The number of nitrogens with two attached hydrogens (primary N) is 1. The van der Waals surface area contributed by atoms with Crippen molar-refractivity contribution in [2.75, 3.05) is 5.32 Å². The van der Waals surface area contributed by atoms with Crippen molar-refractivity contribution >= 4 is 39.1 Å². The molecule has 1 saturated carbocycles. The molecule has 3 nitrogen and oxygen atoms in total. The monoisotopic (exact) mass is 320 g/mol. The van der Waals surface area contributed by atoms with Gasteiger partial charge in [0.15, 0.2) is 0 Å². The topological polar surface area (TPSA) is 55.1 Å². The fraction of sp³-hybridized carbons (Fsp3) is 0.364. The van der Waals surface area contributed by atoms with Crippen molar-refractivity contribution in [1.82, 2.24) is 0 Å². The third-order valence-electron chi connectivity index (χ3n) is 2.94. The van der Waals surface area contributed by atoms with Crippen LogP contribution in [0.25, 0.3) is 0 Å². The number of halogens is 3. The molecule has 1 fully saturated rings. The second-order valence-corrected chi connectivity index (χ2v) is 5.47. The van der Waals surface area contributed by atoms with Gasteiger partial charge in [-0.3, -0.25) is 4.79 Å². The van der Waals surface area contributed by atoms with Crippen molar-refractivity contribution in [1.29, 1.82) is 0 Å². The molecular formula is C11H11BrClFN2O. The van der Waals surface area contributed by atoms with Gasteiger partial charge in [0, 0.05) is 4.47 Å². The first kappa shape index (κ1) is 12.8. The number of rotatable bonds is 2. The molecule has 0 saturated heterocycles. The summed E-state index contributed by atoms with van der Waals surface area (Å²) in [6.07, 6.45) is 2.27. The van der Waals surface area contributed by atoms with E-state index in [2.05, 4.69) is 21.2 Å². The molecule has 1 aromatic rings. The third kappa shape index (κ3) is 2.46. The van der Waals surface area contributed by atoms with Crippen LogP contribution in [0.1, 0.15) is 19.3 Å². The van der Waals surface area contributed by atoms with Crippen LogP contribution in [0, 0.1) is 5.82 Å². The highest BCUT2D eigenvalue weighted by atomic mass is 79.9. The molecule has 17 heavy (non-hydrogen) atoms. The quantitative estimate of drug-likeness (QED) is 0.879. The van der Waals surface area contributed by atoms with Crippen LogP contribution < -0.4 is 11.1 Å². The first-order valence-corrected chi connectivity index (χ1v) is 6.34. The molecule has 92 valence electrons. The van der Waals surface area contributed by atoms with E-state index in [4.69, 9.17) is 17.3 Å². The maximum atomic E-state index is 13.0. The summed E-state index contributed by atoms with van der Waals surface area (Å²) < 4.78 is 13.4. The zero-order valence-electron chi connectivity index (χ0n) is 8.90. The molecule has 0 atom stereocenters. The van der Waals surface area contributed by atoms with E-state index in [0.717, 1.165) is 12.5 Å². The fourth-order valence-electron chi connectivity index (χ4n) is 1.68. The number of carbonyl (C=O) groups is 1. The van der Waals surface area contributed by atoms with Crippen molar-refractivity contribution in [2.24, 2.45) is 5.73 Å². The lowest BCUT2D eigenvalue weighted by molar-refractivity contribution is -0.123. The summed E-state index contributed by atoms with van der Waals surface area (Å²) in [7, 11) is 0. The Morgan fingerprint density at radius 1 is 1.53 bits per heavy atom. The summed E-state index contributed by atoms with van der Waals surface area (Å²) in [6.45, 7) is 0. The molecule has 3 N–H and O–H groups in total. The van der Waals surface area contributed by atoms with Crippen molar-refractivity contribution in [2.45, 2.75) is 24.8 Å². The van der Waals surface area contributed by atoms with E-state index >= 15 is 0 Å². The lowest BCUT2D eigenvalue weighted by Crippen LogP contribution is -2.56. The SMILES string of the molecule is NC1(C(=O)Nc2c(Cl)cc(F)cc2Br)CCC1. The van der Waals surface area contributed by atoms with Crippen LogP contribution in [0.2, 0.25) is 5.02 Å². The largest absolute Gasteiger partial charge is 0.322 e. The van der Waals surface area contributed by atoms with E-state index in [0.29, 0.717) is 23.0 Å². The predicted molar refractivity (Wildman–Crippen MR) is 68.5 cm³/mol. The van der Waals surface area contributed by atoms with Gasteiger partial charge >= 0.3 is 0 Å². The van der Waals surface area contributed by atoms with Crippen molar-refractivity contribution < 1.29 is 9.18 Å². The third-order valence-corrected chi connectivity index (χ3v) is 3.87. The minimum Gasteiger partial charge on any atom is -0.322 e. The minimum absolute atomic E-state index is 0.146. The Labute approximate surface area is 112 Å². The zero-order valence-corrected chi connectivity index (χ0v) is 11.2. The van der Waals surface area contributed by atoms with Gasteiger partial charge < -0.3 is 11.1 Å².